The highest BCUT2D eigenvalue weighted by Gasteiger charge is 2.20. The molecule has 7 heteroatoms. The molecule has 7 nitrogen and oxygen atoms in total. The average molecular weight is 320 g/mol. The van der Waals surface area contributed by atoms with Crippen molar-refractivity contribution in [3.05, 3.63) is 18.5 Å². The molecule has 1 aliphatic carbocycles. The zero-order valence-corrected chi connectivity index (χ0v) is 13.7. The Labute approximate surface area is 136 Å². The molecule has 126 valence electrons. The van der Waals surface area contributed by atoms with Crippen LogP contribution in [0, 0.1) is 5.92 Å². The van der Waals surface area contributed by atoms with Gasteiger partial charge in [0.25, 0.3) is 5.91 Å². The summed E-state index contributed by atoms with van der Waals surface area (Å²) in [5.74, 6) is 0.450. The molecule has 0 unspecified atom stereocenters. The predicted octanol–water partition coefficient (Wildman–Crippen LogP) is 1.15. The Kier molecular flexibility index (Phi) is 6.31. The van der Waals surface area contributed by atoms with Gasteiger partial charge < -0.3 is 15.0 Å². The van der Waals surface area contributed by atoms with E-state index in [1.165, 1.54) is 0 Å². The molecule has 0 saturated heterocycles. The Morgan fingerprint density at radius 1 is 1.26 bits per heavy atom. The topological polar surface area (TPSA) is 84.4 Å². The standard InChI is InChI=1S/C16H24N4O3/c1-12-4-6-13(7-5-12)19-14(21)11-23-15(22)10-20(2)16-17-8-3-9-18-16/h3,8-9,12-13H,4-7,10-11H2,1-2H3,(H,19,21). The highest BCUT2D eigenvalue weighted by atomic mass is 16.5. The molecule has 0 spiro atoms. The van der Waals surface area contributed by atoms with Crippen molar-refractivity contribution in [3.8, 4) is 0 Å². The van der Waals surface area contributed by atoms with Gasteiger partial charge in [0.1, 0.15) is 6.54 Å². The first-order valence-electron chi connectivity index (χ1n) is 7.97. The van der Waals surface area contributed by atoms with E-state index in [2.05, 4.69) is 22.2 Å². The lowest BCUT2D eigenvalue weighted by atomic mass is 9.87. The molecule has 1 heterocycles. The molecule has 0 aliphatic heterocycles. The molecule has 2 rings (SSSR count). The molecule has 1 N–H and O–H groups in total. The van der Waals surface area contributed by atoms with Crippen LogP contribution in [-0.4, -0.2) is 48.1 Å². The van der Waals surface area contributed by atoms with Crippen LogP contribution >= 0.6 is 0 Å². The van der Waals surface area contributed by atoms with E-state index in [4.69, 9.17) is 4.74 Å². The fourth-order valence-corrected chi connectivity index (χ4v) is 2.62. The van der Waals surface area contributed by atoms with Crippen LogP contribution in [0.4, 0.5) is 5.95 Å². The zero-order chi connectivity index (χ0) is 16.7. The van der Waals surface area contributed by atoms with E-state index in [9.17, 15) is 9.59 Å². The van der Waals surface area contributed by atoms with Crippen molar-refractivity contribution in [3.63, 3.8) is 0 Å². The monoisotopic (exact) mass is 320 g/mol. The number of likely N-dealkylation sites (N-methyl/N-ethyl adjacent to an activating group) is 1. The molecule has 23 heavy (non-hydrogen) atoms. The first-order chi connectivity index (χ1) is 11.0. The third-order valence-corrected chi connectivity index (χ3v) is 4.01. The summed E-state index contributed by atoms with van der Waals surface area (Å²) in [5, 5.41) is 2.93. The summed E-state index contributed by atoms with van der Waals surface area (Å²) in [6, 6.07) is 1.91. The number of nitrogens with zero attached hydrogens (tertiary/aromatic N) is 3. The molecule has 1 aromatic heterocycles. The van der Waals surface area contributed by atoms with Gasteiger partial charge in [-0.1, -0.05) is 6.92 Å². The molecular weight excluding hydrogens is 296 g/mol. The van der Waals surface area contributed by atoms with Gasteiger partial charge in [0.05, 0.1) is 0 Å². The van der Waals surface area contributed by atoms with Crippen molar-refractivity contribution in [2.45, 2.75) is 38.6 Å². The number of hydrogen-bond donors (Lipinski definition) is 1. The van der Waals surface area contributed by atoms with E-state index in [-0.39, 0.29) is 25.1 Å². The number of hydrogen-bond acceptors (Lipinski definition) is 6. The lowest BCUT2D eigenvalue weighted by molar-refractivity contribution is -0.147. The second kappa shape index (κ2) is 8.45. The average Bonchev–Trinajstić information content (AvgIpc) is 2.56. The molecule has 1 amide bonds. The number of aromatic nitrogens is 2. The van der Waals surface area contributed by atoms with Gasteiger partial charge in [-0.3, -0.25) is 9.59 Å². The summed E-state index contributed by atoms with van der Waals surface area (Å²) in [6.07, 6.45) is 7.45. The van der Waals surface area contributed by atoms with Gasteiger partial charge in [0.15, 0.2) is 6.61 Å². The van der Waals surface area contributed by atoms with Gasteiger partial charge in [-0.25, -0.2) is 9.97 Å². The molecule has 0 atom stereocenters. The molecule has 1 fully saturated rings. The van der Waals surface area contributed by atoms with Gasteiger partial charge in [-0.15, -0.1) is 0 Å². The number of carbonyl (C=O) groups is 2. The Morgan fingerprint density at radius 2 is 1.91 bits per heavy atom. The van der Waals surface area contributed by atoms with E-state index < -0.39 is 5.97 Å². The minimum atomic E-state index is -0.479. The first kappa shape index (κ1) is 17.2. The van der Waals surface area contributed by atoms with Crippen LogP contribution in [0.25, 0.3) is 0 Å². The maximum Gasteiger partial charge on any atom is 0.326 e. The molecule has 0 aromatic carbocycles. The second-order valence-electron chi connectivity index (χ2n) is 6.09. The van der Waals surface area contributed by atoms with Crippen LogP contribution in [0.3, 0.4) is 0 Å². The van der Waals surface area contributed by atoms with Crippen LogP contribution < -0.4 is 10.2 Å². The number of carbonyl (C=O) groups excluding carboxylic acids is 2. The predicted molar refractivity (Wildman–Crippen MR) is 85.8 cm³/mol. The maximum absolute atomic E-state index is 11.8. The Bertz CT molecular complexity index is 515. The lowest BCUT2D eigenvalue weighted by Gasteiger charge is -2.26. The molecular formula is C16H24N4O3. The van der Waals surface area contributed by atoms with Crippen molar-refractivity contribution >= 4 is 17.8 Å². The highest BCUT2D eigenvalue weighted by Crippen LogP contribution is 2.23. The minimum Gasteiger partial charge on any atom is -0.454 e. The van der Waals surface area contributed by atoms with E-state index in [1.54, 1.807) is 30.4 Å². The van der Waals surface area contributed by atoms with Crippen molar-refractivity contribution < 1.29 is 14.3 Å². The summed E-state index contributed by atoms with van der Waals surface area (Å²) >= 11 is 0. The molecule has 1 aliphatic rings. The summed E-state index contributed by atoms with van der Waals surface area (Å²) in [4.78, 5) is 33.2. The van der Waals surface area contributed by atoms with Crippen LogP contribution in [0.5, 0.6) is 0 Å². The van der Waals surface area contributed by atoms with Crippen LogP contribution in [0.1, 0.15) is 32.6 Å². The van der Waals surface area contributed by atoms with Gasteiger partial charge in [-0.05, 0) is 37.7 Å². The number of amides is 1. The van der Waals surface area contributed by atoms with Gasteiger partial charge in [0.2, 0.25) is 5.95 Å². The van der Waals surface area contributed by atoms with E-state index in [0.29, 0.717) is 5.95 Å². The van der Waals surface area contributed by atoms with Gasteiger partial charge in [-0.2, -0.15) is 0 Å². The van der Waals surface area contributed by atoms with E-state index in [0.717, 1.165) is 31.6 Å². The molecule has 0 bridgehead atoms. The summed E-state index contributed by atoms with van der Waals surface area (Å²) in [5.41, 5.74) is 0. The van der Waals surface area contributed by atoms with Crippen LogP contribution in [0.2, 0.25) is 0 Å². The Hall–Kier alpha value is -2.18. The fourth-order valence-electron chi connectivity index (χ4n) is 2.62. The van der Waals surface area contributed by atoms with Gasteiger partial charge in [0, 0.05) is 25.5 Å². The van der Waals surface area contributed by atoms with E-state index in [1.807, 2.05) is 0 Å². The van der Waals surface area contributed by atoms with Crippen molar-refractivity contribution in [2.75, 3.05) is 25.1 Å². The van der Waals surface area contributed by atoms with Crippen molar-refractivity contribution in [1.29, 1.82) is 0 Å². The fraction of sp³-hybridized carbons (Fsp3) is 0.625. The second-order valence-corrected chi connectivity index (χ2v) is 6.09. The zero-order valence-electron chi connectivity index (χ0n) is 13.7. The smallest absolute Gasteiger partial charge is 0.326 e. The number of rotatable bonds is 6. The normalized spacial score (nSPS) is 20.6. The lowest BCUT2D eigenvalue weighted by Crippen LogP contribution is -2.40. The largest absolute Gasteiger partial charge is 0.454 e. The third-order valence-electron chi connectivity index (χ3n) is 4.01. The number of esters is 1. The molecule has 1 saturated carbocycles. The Balaban J connectivity index is 1.66. The van der Waals surface area contributed by atoms with Crippen LogP contribution in [0.15, 0.2) is 18.5 Å². The quantitative estimate of drug-likeness (QED) is 0.792. The number of ether oxygens (including phenoxy) is 1. The SMILES string of the molecule is CC1CCC(NC(=O)COC(=O)CN(C)c2ncccn2)CC1. The minimum absolute atomic E-state index is 0.00175. The van der Waals surface area contributed by atoms with Crippen LogP contribution in [-0.2, 0) is 14.3 Å². The molecule has 0 radical (unpaired) electrons. The third kappa shape index (κ3) is 5.84. The maximum atomic E-state index is 11.8. The summed E-state index contributed by atoms with van der Waals surface area (Å²) in [7, 11) is 1.69. The summed E-state index contributed by atoms with van der Waals surface area (Å²) < 4.78 is 5.01. The Morgan fingerprint density at radius 3 is 2.57 bits per heavy atom. The summed E-state index contributed by atoms with van der Waals surface area (Å²) in [6.45, 7) is 1.99. The highest BCUT2D eigenvalue weighted by molar-refractivity contribution is 5.82. The number of anilines is 1. The first-order valence-corrected chi connectivity index (χ1v) is 7.97. The van der Waals surface area contributed by atoms with Gasteiger partial charge >= 0.3 is 5.97 Å². The molecule has 1 aromatic rings. The van der Waals surface area contributed by atoms with Crippen molar-refractivity contribution in [2.24, 2.45) is 5.92 Å². The number of nitrogens with one attached hydrogen (secondary N) is 1. The van der Waals surface area contributed by atoms with Crippen molar-refractivity contribution in [1.82, 2.24) is 15.3 Å². The van der Waals surface area contributed by atoms with E-state index >= 15 is 0 Å².